The normalized spacial score (nSPS) is 16.3. The van der Waals surface area contributed by atoms with Crippen LogP contribution in [0.1, 0.15) is 63.5 Å². The van der Waals surface area contributed by atoms with Gasteiger partial charge in [-0.2, -0.15) is 0 Å². The highest BCUT2D eigenvalue weighted by Crippen LogP contribution is 2.40. The SMILES string of the molecule is CCCOCc1ccccc1CNC(=NC)NCC1(CCOCC)CCCC1. The van der Waals surface area contributed by atoms with Gasteiger partial charge in [-0.05, 0) is 49.1 Å². The number of guanidine groups is 1. The summed E-state index contributed by atoms with van der Waals surface area (Å²) in [6.45, 7) is 9.03. The molecule has 0 amide bonds. The van der Waals surface area contributed by atoms with Crippen molar-refractivity contribution in [1.82, 2.24) is 10.6 Å². The number of benzene rings is 1. The number of rotatable bonds is 12. The third-order valence-corrected chi connectivity index (χ3v) is 5.67. The summed E-state index contributed by atoms with van der Waals surface area (Å²) in [7, 11) is 1.84. The molecule has 0 heterocycles. The molecular weight excluding hydrogens is 350 g/mol. The van der Waals surface area contributed by atoms with Crippen LogP contribution >= 0.6 is 0 Å². The van der Waals surface area contributed by atoms with Crippen LogP contribution in [0, 0.1) is 5.41 Å². The quantitative estimate of drug-likeness (QED) is 0.318. The second-order valence-electron chi connectivity index (χ2n) is 7.75. The fourth-order valence-electron chi connectivity index (χ4n) is 3.94. The molecular formula is C23H39N3O2. The van der Waals surface area contributed by atoms with Crippen molar-refractivity contribution in [1.29, 1.82) is 0 Å². The van der Waals surface area contributed by atoms with Crippen LogP contribution in [0.2, 0.25) is 0 Å². The zero-order valence-electron chi connectivity index (χ0n) is 18.1. The highest BCUT2D eigenvalue weighted by Gasteiger charge is 2.33. The highest BCUT2D eigenvalue weighted by molar-refractivity contribution is 5.79. The van der Waals surface area contributed by atoms with Gasteiger partial charge in [-0.1, -0.05) is 44.0 Å². The van der Waals surface area contributed by atoms with Crippen molar-refractivity contribution < 1.29 is 9.47 Å². The van der Waals surface area contributed by atoms with Gasteiger partial charge in [0.1, 0.15) is 0 Å². The van der Waals surface area contributed by atoms with Crippen LogP contribution in [0.4, 0.5) is 0 Å². The lowest BCUT2D eigenvalue weighted by molar-refractivity contribution is 0.105. The fraction of sp³-hybridized carbons (Fsp3) is 0.696. The molecule has 5 heteroatoms. The second-order valence-corrected chi connectivity index (χ2v) is 7.75. The molecule has 0 bridgehead atoms. The monoisotopic (exact) mass is 389 g/mol. The minimum absolute atomic E-state index is 0.346. The van der Waals surface area contributed by atoms with Gasteiger partial charge in [0.05, 0.1) is 6.61 Å². The predicted octanol–water partition coefficient (Wildman–Crippen LogP) is 4.27. The largest absolute Gasteiger partial charge is 0.382 e. The summed E-state index contributed by atoms with van der Waals surface area (Å²) in [6, 6.07) is 8.46. The first-order valence-corrected chi connectivity index (χ1v) is 10.9. The van der Waals surface area contributed by atoms with Gasteiger partial charge in [-0.15, -0.1) is 0 Å². The fourth-order valence-corrected chi connectivity index (χ4v) is 3.94. The van der Waals surface area contributed by atoms with Crippen LogP contribution < -0.4 is 10.6 Å². The molecule has 1 aromatic carbocycles. The van der Waals surface area contributed by atoms with Gasteiger partial charge in [0.2, 0.25) is 0 Å². The summed E-state index contributed by atoms with van der Waals surface area (Å²) in [6.07, 6.45) is 7.38. The summed E-state index contributed by atoms with van der Waals surface area (Å²) < 4.78 is 11.4. The van der Waals surface area contributed by atoms with Crippen molar-refractivity contribution in [3.05, 3.63) is 35.4 Å². The van der Waals surface area contributed by atoms with Crippen LogP contribution in [0.5, 0.6) is 0 Å². The molecule has 0 atom stereocenters. The summed E-state index contributed by atoms with van der Waals surface area (Å²) in [5.74, 6) is 0.868. The minimum Gasteiger partial charge on any atom is -0.382 e. The number of hydrogen-bond donors (Lipinski definition) is 2. The van der Waals surface area contributed by atoms with Crippen LogP contribution in [0.25, 0.3) is 0 Å². The van der Waals surface area contributed by atoms with Crippen molar-refractivity contribution in [2.45, 2.75) is 65.5 Å². The summed E-state index contributed by atoms with van der Waals surface area (Å²) in [4.78, 5) is 4.43. The van der Waals surface area contributed by atoms with E-state index < -0.39 is 0 Å². The first kappa shape index (κ1) is 22.7. The lowest BCUT2D eigenvalue weighted by atomic mass is 9.83. The average molecular weight is 390 g/mol. The molecule has 158 valence electrons. The van der Waals surface area contributed by atoms with Gasteiger partial charge in [0, 0.05) is 40.0 Å². The van der Waals surface area contributed by atoms with Gasteiger partial charge in [0.15, 0.2) is 5.96 Å². The molecule has 0 aliphatic heterocycles. The molecule has 0 aromatic heterocycles. The third kappa shape index (κ3) is 7.44. The number of nitrogens with zero attached hydrogens (tertiary/aromatic N) is 1. The summed E-state index contributed by atoms with van der Waals surface area (Å²) in [5, 5.41) is 7.05. The van der Waals surface area contributed by atoms with Gasteiger partial charge in [-0.3, -0.25) is 4.99 Å². The standard InChI is InChI=1S/C23H39N3O2/c1-4-15-28-18-21-11-7-6-10-20(21)17-25-22(24-3)26-19-23(12-8-9-13-23)14-16-27-5-2/h6-7,10-11H,4-5,8-9,12-19H2,1-3H3,(H2,24,25,26). The van der Waals surface area contributed by atoms with Crippen molar-refractivity contribution >= 4 is 5.96 Å². The molecule has 1 aromatic rings. The molecule has 1 saturated carbocycles. The molecule has 0 radical (unpaired) electrons. The van der Waals surface area contributed by atoms with Gasteiger partial charge in [0.25, 0.3) is 0 Å². The third-order valence-electron chi connectivity index (χ3n) is 5.67. The molecule has 28 heavy (non-hydrogen) atoms. The maximum Gasteiger partial charge on any atom is 0.191 e. The molecule has 0 unspecified atom stereocenters. The van der Waals surface area contributed by atoms with E-state index in [-0.39, 0.29) is 0 Å². The molecule has 1 aliphatic carbocycles. The lowest BCUT2D eigenvalue weighted by Gasteiger charge is -2.30. The molecule has 2 N–H and O–H groups in total. The number of ether oxygens (including phenoxy) is 2. The van der Waals surface area contributed by atoms with Crippen LogP contribution in [0.3, 0.4) is 0 Å². The van der Waals surface area contributed by atoms with E-state index in [0.717, 1.165) is 51.7 Å². The van der Waals surface area contributed by atoms with E-state index in [1.165, 1.54) is 36.8 Å². The Bertz CT molecular complexity index is 583. The van der Waals surface area contributed by atoms with E-state index in [1.807, 2.05) is 7.05 Å². The van der Waals surface area contributed by atoms with Crippen molar-refractivity contribution in [3.8, 4) is 0 Å². The smallest absolute Gasteiger partial charge is 0.191 e. The Morgan fingerprint density at radius 2 is 1.79 bits per heavy atom. The number of aliphatic imine (C=N–C) groups is 1. The maximum atomic E-state index is 5.73. The topological polar surface area (TPSA) is 54.9 Å². The highest BCUT2D eigenvalue weighted by atomic mass is 16.5. The Hall–Kier alpha value is -1.59. The van der Waals surface area contributed by atoms with Crippen molar-refractivity contribution in [3.63, 3.8) is 0 Å². The molecule has 0 saturated heterocycles. The predicted molar refractivity (Wildman–Crippen MR) is 117 cm³/mol. The Kier molecular flexibility index (Phi) is 10.4. The van der Waals surface area contributed by atoms with E-state index in [0.29, 0.717) is 12.0 Å². The molecule has 1 aliphatic rings. The zero-order valence-corrected chi connectivity index (χ0v) is 18.1. The van der Waals surface area contributed by atoms with E-state index in [9.17, 15) is 0 Å². The summed E-state index contributed by atoms with van der Waals surface area (Å²) in [5.41, 5.74) is 2.84. The van der Waals surface area contributed by atoms with Gasteiger partial charge in [-0.25, -0.2) is 0 Å². The lowest BCUT2D eigenvalue weighted by Crippen LogP contribution is -2.43. The zero-order chi connectivity index (χ0) is 20.1. The van der Waals surface area contributed by atoms with Crippen molar-refractivity contribution in [2.75, 3.05) is 33.4 Å². The summed E-state index contributed by atoms with van der Waals surface area (Å²) >= 11 is 0. The van der Waals surface area contributed by atoms with Crippen LogP contribution in [-0.4, -0.2) is 39.4 Å². The van der Waals surface area contributed by atoms with E-state index in [1.54, 1.807) is 0 Å². The molecule has 0 spiro atoms. The Balaban J connectivity index is 1.86. The minimum atomic E-state index is 0.346. The Morgan fingerprint density at radius 3 is 2.46 bits per heavy atom. The van der Waals surface area contributed by atoms with Gasteiger partial charge >= 0.3 is 0 Å². The number of nitrogens with one attached hydrogen (secondary N) is 2. The van der Waals surface area contributed by atoms with E-state index in [2.05, 4.69) is 53.7 Å². The Morgan fingerprint density at radius 1 is 1.04 bits per heavy atom. The first-order valence-electron chi connectivity index (χ1n) is 10.9. The number of hydrogen-bond acceptors (Lipinski definition) is 3. The molecule has 2 rings (SSSR count). The molecule has 1 fully saturated rings. The van der Waals surface area contributed by atoms with Crippen LogP contribution in [-0.2, 0) is 22.6 Å². The maximum absolute atomic E-state index is 5.73. The van der Waals surface area contributed by atoms with Crippen molar-refractivity contribution in [2.24, 2.45) is 10.4 Å². The van der Waals surface area contributed by atoms with Crippen LogP contribution in [0.15, 0.2) is 29.3 Å². The van der Waals surface area contributed by atoms with E-state index >= 15 is 0 Å². The second kappa shape index (κ2) is 12.8. The Labute approximate surface area is 171 Å². The first-order chi connectivity index (χ1) is 13.7. The van der Waals surface area contributed by atoms with E-state index in [4.69, 9.17) is 9.47 Å². The van der Waals surface area contributed by atoms with Gasteiger partial charge < -0.3 is 20.1 Å². The average Bonchev–Trinajstić information content (AvgIpc) is 3.18. The molecule has 5 nitrogen and oxygen atoms in total.